The number of rotatable bonds is 6. The van der Waals surface area contributed by atoms with Gasteiger partial charge in [0.1, 0.15) is 67.1 Å². The summed E-state index contributed by atoms with van der Waals surface area (Å²) in [6.45, 7) is -1.86. The van der Waals surface area contributed by atoms with Crippen molar-refractivity contribution in [3.05, 3.63) is 0 Å². The van der Waals surface area contributed by atoms with Crippen LogP contribution in [0.4, 0.5) is 0 Å². The molecule has 0 bridgehead atoms. The van der Waals surface area contributed by atoms with Gasteiger partial charge in [0.05, 0.1) is 19.8 Å². The van der Waals surface area contributed by atoms with E-state index in [1.165, 1.54) is 0 Å². The molecule has 0 aromatic carbocycles. The average Bonchev–Trinajstić information content (AvgIpc) is 2.78. The molecule has 0 aromatic rings. The van der Waals surface area contributed by atoms with Crippen LogP contribution in [-0.4, -0.2) is 157 Å². The van der Waals surface area contributed by atoms with Gasteiger partial charge in [-0.3, -0.25) is 0 Å². The first kappa shape index (κ1) is 26.0. The van der Waals surface area contributed by atoms with Crippen LogP contribution in [0.3, 0.4) is 0 Å². The van der Waals surface area contributed by atoms with Crippen molar-refractivity contribution in [2.75, 3.05) is 19.8 Å². The minimum atomic E-state index is -1.82. The lowest BCUT2D eigenvalue weighted by Crippen LogP contribution is -2.65. The molecule has 15 nitrogen and oxygen atoms in total. The van der Waals surface area contributed by atoms with Gasteiger partial charge in [-0.2, -0.15) is 0 Å². The summed E-state index contributed by atoms with van der Waals surface area (Å²) in [6.07, 6.45) is -22.5. The first-order valence-electron chi connectivity index (χ1n) is 10.00. The normalized spacial score (nSPS) is 52.7. The molecule has 0 saturated carbocycles. The molecule has 0 aliphatic carbocycles. The summed E-state index contributed by atoms with van der Waals surface area (Å²) in [4.78, 5) is 0. The summed E-state index contributed by atoms with van der Waals surface area (Å²) in [5.74, 6) is 0. The van der Waals surface area contributed by atoms with E-state index in [9.17, 15) is 51.1 Å². The SMILES string of the molecule is OC[C@H]1O[C@H](O[C@H]2[C@H](O)[C@@H](O)[C@@H](O[C@@H]3CO[C@@H](O)[C@H](O)[C@H]3O)O[C@@H]2CO)[C@H](O)[C@@H](O)[C@@H]1O. The Bertz CT molecular complexity index is 592. The zero-order valence-corrected chi connectivity index (χ0v) is 16.7. The Labute approximate surface area is 181 Å². The lowest BCUT2D eigenvalue weighted by atomic mass is 9.97. The fourth-order valence-electron chi connectivity index (χ4n) is 3.74. The van der Waals surface area contributed by atoms with E-state index in [0.29, 0.717) is 0 Å². The standard InChI is InChI=1S/C17H30O15/c18-1-4-7(20)9(22)12(25)17(29-4)32-14-5(2-19)30-16(13(26)10(14)23)31-6-3-28-15(27)11(24)8(6)21/h4-27H,1-3H2/t4-,5-,6-,7-,8+,9+,10-,11-,12-,13-,14-,15-,16-,17-/m1/s1. The molecule has 0 spiro atoms. The zero-order chi connectivity index (χ0) is 23.7. The van der Waals surface area contributed by atoms with Gasteiger partial charge in [-0.1, -0.05) is 0 Å². The van der Waals surface area contributed by atoms with Crippen LogP contribution >= 0.6 is 0 Å². The largest absolute Gasteiger partial charge is 0.394 e. The Kier molecular flexibility index (Phi) is 8.75. The van der Waals surface area contributed by atoms with E-state index < -0.39 is 99.2 Å². The van der Waals surface area contributed by atoms with Crippen LogP contribution in [0.5, 0.6) is 0 Å². The van der Waals surface area contributed by atoms with E-state index in [-0.39, 0.29) is 6.61 Å². The fourth-order valence-corrected chi connectivity index (χ4v) is 3.74. The highest BCUT2D eigenvalue weighted by molar-refractivity contribution is 4.95. The van der Waals surface area contributed by atoms with Gasteiger partial charge in [-0.15, -0.1) is 0 Å². The number of hydrogen-bond acceptors (Lipinski definition) is 15. The van der Waals surface area contributed by atoms with E-state index in [1.54, 1.807) is 0 Å². The van der Waals surface area contributed by atoms with Gasteiger partial charge in [0.25, 0.3) is 0 Å². The average molecular weight is 474 g/mol. The van der Waals surface area contributed by atoms with E-state index >= 15 is 0 Å². The van der Waals surface area contributed by atoms with Crippen LogP contribution in [0, 0.1) is 0 Å². The van der Waals surface area contributed by atoms with Gasteiger partial charge < -0.3 is 74.7 Å². The van der Waals surface area contributed by atoms with Gasteiger partial charge in [0.15, 0.2) is 18.9 Å². The highest BCUT2D eigenvalue weighted by Gasteiger charge is 2.52. The molecule has 3 saturated heterocycles. The van der Waals surface area contributed by atoms with Crippen LogP contribution in [0.25, 0.3) is 0 Å². The molecule has 3 aliphatic rings. The van der Waals surface area contributed by atoms with Gasteiger partial charge in [-0.05, 0) is 0 Å². The quantitative estimate of drug-likeness (QED) is 0.172. The molecule has 3 aliphatic heterocycles. The maximum absolute atomic E-state index is 10.5. The van der Waals surface area contributed by atoms with Gasteiger partial charge in [0.2, 0.25) is 0 Å². The molecule has 0 amide bonds. The van der Waals surface area contributed by atoms with E-state index in [0.717, 1.165) is 0 Å². The second-order valence-corrected chi connectivity index (χ2v) is 7.88. The summed E-state index contributed by atoms with van der Waals surface area (Å²) >= 11 is 0. The van der Waals surface area contributed by atoms with Crippen LogP contribution in [0.2, 0.25) is 0 Å². The van der Waals surface area contributed by atoms with Gasteiger partial charge in [-0.25, -0.2) is 0 Å². The first-order valence-corrected chi connectivity index (χ1v) is 10.00. The summed E-state index contributed by atoms with van der Waals surface area (Å²) in [6, 6.07) is 0. The monoisotopic (exact) mass is 474 g/mol. The van der Waals surface area contributed by atoms with E-state index in [2.05, 4.69) is 0 Å². The van der Waals surface area contributed by atoms with Crippen LogP contribution in [-0.2, 0) is 23.7 Å². The topological polar surface area (TPSA) is 248 Å². The lowest BCUT2D eigenvalue weighted by Gasteiger charge is -2.47. The summed E-state index contributed by atoms with van der Waals surface area (Å²) in [7, 11) is 0. The molecule has 10 N–H and O–H groups in total. The molecule has 188 valence electrons. The molecule has 0 aromatic heterocycles. The van der Waals surface area contributed by atoms with Crippen molar-refractivity contribution in [2.45, 2.75) is 86.0 Å². The first-order chi connectivity index (χ1) is 15.1. The van der Waals surface area contributed by atoms with Crippen molar-refractivity contribution in [1.29, 1.82) is 0 Å². The lowest BCUT2D eigenvalue weighted by molar-refractivity contribution is -0.371. The molecule has 3 fully saturated rings. The molecule has 32 heavy (non-hydrogen) atoms. The van der Waals surface area contributed by atoms with Crippen LogP contribution in [0.15, 0.2) is 0 Å². The molecule has 15 heteroatoms. The van der Waals surface area contributed by atoms with Gasteiger partial charge >= 0.3 is 0 Å². The molecule has 14 atom stereocenters. The van der Waals surface area contributed by atoms with E-state index in [1.807, 2.05) is 0 Å². The molecule has 3 rings (SSSR count). The third kappa shape index (κ3) is 5.07. The number of aliphatic hydroxyl groups excluding tert-OH is 10. The maximum Gasteiger partial charge on any atom is 0.187 e. The minimum Gasteiger partial charge on any atom is -0.394 e. The van der Waals surface area contributed by atoms with E-state index in [4.69, 9.17) is 23.7 Å². The zero-order valence-electron chi connectivity index (χ0n) is 16.7. The predicted molar refractivity (Wildman–Crippen MR) is 95.2 cm³/mol. The molecular weight excluding hydrogens is 444 g/mol. The Morgan fingerprint density at radius 2 is 1.16 bits per heavy atom. The second kappa shape index (κ2) is 10.8. The van der Waals surface area contributed by atoms with Crippen molar-refractivity contribution in [3.63, 3.8) is 0 Å². The smallest absolute Gasteiger partial charge is 0.187 e. The fraction of sp³-hybridized carbons (Fsp3) is 1.00. The summed E-state index contributed by atoms with van der Waals surface area (Å²) in [5.41, 5.74) is 0. The Morgan fingerprint density at radius 3 is 1.78 bits per heavy atom. The van der Waals surface area contributed by atoms with Crippen LogP contribution in [0.1, 0.15) is 0 Å². The number of hydrogen-bond donors (Lipinski definition) is 10. The maximum atomic E-state index is 10.5. The second-order valence-electron chi connectivity index (χ2n) is 7.88. The highest BCUT2D eigenvalue weighted by atomic mass is 16.7. The Hall–Kier alpha value is -0.600. The molecule has 3 heterocycles. The van der Waals surface area contributed by atoms with Crippen molar-refractivity contribution >= 4 is 0 Å². The third-order valence-electron chi connectivity index (χ3n) is 5.72. The summed E-state index contributed by atoms with van der Waals surface area (Å²) < 4.78 is 26.2. The predicted octanol–water partition coefficient (Wildman–Crippen LogP) is -6.93. The Balaban J connectivity index is 1.67. The number of ether oxygens (including phenoxy) is 5. The number of aliphatic hydroxyl groups is 10. The Morgan fingerprint density at radius 1 is 0.594 bits per heavy atom. The van der Waals surface area contributed by atoms with Crippen molar-refractivity contribution < 1.29 is 74.7 Å². The van der Waals surface area contributed by atoms with Crippen LogP contribution < -0.4 is 0 Å². The minimum absolute atomic E-state index is 0.378. The van der Waals surface area contributed by atoms with Crippen molar-refractivity contribution in [1.82, 2.24) is 0 Å². The summed E-state index contributed by atoms with van der Waals surface area (Å²) in [5, 5.41) is 98.8. The van der Waals surface area contributed by atoms with Gasteiger partial charge in [0, 0.05) is 0 Å². The molecule has 0 unspecified atom stereocenters. The highest BCUT2D eigenvalue weighted by Crippen LogP contribution is 2.30. The van der Waals surface area contributed by atoms with Crippen molar-refractivity contribution in [3.8, 4) is 0 Å². The molecular formula is C17H30O15. The third-order valence-corrected chi connectivity index (χ3v) is 5.72. The molecule has 0 radical (unpaired) electrons. The van der Waals surface area contributed by atoms with Crippen molar-refractivity contribution in [2.24, 2.45) is 0 Å².